The predicted molar refractivity (Wildman–Crippen MR) is 84.5 cm³/mol. The molecule has 116 valence electrons. The Morgan fingerprint density at radius 3 is 3.00 bits per heavy atom. The van der Waals surface area contributed by atoms with Gasteiger partial charge in [-0.05, 0) is 25.5 Å². The van der Waals surface area contributed by atoms with Gasteiger partial charge in [0, 0.05) is 4.88 Å². The van der Waals surface area contributed by atoms with E-state index in [0.717, 1.165) is 15.3 Å². The molecule has 0 unspecified atom stereocenters. The van der Waals surface area contributed by atoms with Crippen LogP contribution in [0.2, 0.25) is 0 Å². The molecule has 0 radical (unpaired) electrons. The number of aromatic nitrogens is 4. The van der Waals surface area contributed by atoms with Gasteiger partial charge in [0.2, 0.25) is 0 Å². The Morgan fingerprint density at radius 2 is 2.22 bits per heavy atom. The summed E-state index contributed by atoms with van der Waals surface area (Å²) in [5.41, 5.74) is 1.59. The van der Waals surface area contributed by atoms with Crippen molar-refractivity contribution in [3.63, 3.8) is 0 Å². The number of thiophene rings is 1. The van der Waals surface area contributed by atoms with Gasteiger partial charge in [0.05, 0.1) is 30.1 Å². The monoisotopic (exact) mass is 328 g/mol. The summed E-state index contributed by atoms with van der Waals surface area (Å²) in [5, 5.41) is 4.56. The van der Waals surface area contributed by atoms with Crippen molar-refractivity contribution in [2.45, 2.75) is 20.4 Å². The SMILES string of the molecule is Cc1sc2ncn(Cc3noc(-c4ccoc4)n3)c(=O)c2c1C. The van der Waals surface area contributed by atoms with E-state index in [0.29, 0.717) is 22.7 Å². The van der Waals surface area contributed by atoms with E-state index in [1.807, 2.05) is 13.8 Å². The maximum absolute atomic E-state index is 12.6. The van der Waals surface area contributed by atoms with Crippen molar-refractivity contribution >= 4 is 21.6 Å². The van der Waals surface area contributed by atoms with Gasteiger partial charge in [-0.3, -0.25) is 9.36 Å². The van der Waals surface area contributed by atoms with Gasteiger partial charge < -0.3 is 8.94 Å². The summed E-state index contributed by atoms with van der Waals surface area (Å²) < 4.78 is 11.7. The van der Waals surface area contributed by atoms with Crippen LogP contribution in [0.25, 0.3) is 21.7 Å². The maximum atomic E-state index is 12.6. The number of hydrogen-bond donors (Lipinski definition) is 0. The predicted octanol–water partition coefficient (Wildman–Crippen LogP) is 2.77. The second kappa shape index (κ2) is 5.17. The molecule has 0 atom stereocenters. The van der Waals surface area contributed by atoms with Crippen LogP contribution in [0.5, 0.6) is 0 Å². The zero-order chi connectivity index (χ0) is 16.0. The highest BCUT2D eigenvalue weighted by Crippen LogP contribution is 2.25. The molecule has 4 aromatic heterocycles. The van der Waals surface area contributed by atoms with E-state index in [-0.39, 0.29) is 12.1 Å². The molecule has 4 heterocycles. The van der Waals surface area contributed by atoms with E-state index in [4.69, 9.17) is 8.94 Å². The highest BCUT2D eigenvalue weighted by molar-refractivity contribution is 7.18. The minimum atomic E-state index is -0.0912. The molecule has 0 spiro atoms. The van der Waals surface area contributed by atoms with E-state index < -0.39 is 0 Å². The molecule has 0 aliphatic carbocycles. The quantitative estimate of drug-likeness (QED) is 0.575. The smallest absolute Gasteiger partial charge is 0.262 e. The van der Waals surface area contributed by atoms with E-state index >= 15 is 0 Å². The van der Waals surface area contributed by atoms with Crippen LogP contribution in [0.1, 0.15) is 16.3 Å². The van der Waals surface area contributed by atoms with Gasteiger partial charge in [-0.1, -0.05) is 5.16 Å². The summed E-state index contributed by atoms with van der Waals surface area (Å²) in [4.78, 5) is 23.1. The van der Waals surface area contributed by atoms with Crippen LogP contribution in [0.3, 0.4) is 0 Å². The Labute approximate surface area is 134 Å². The first kappa shape index (κ1) is 13.9. The van der Waals surface area contributed by atoms with Crippen molar-refractivity contribution in [3.8, 4) is 11.5 Å². The molecule has 8 heteroatoms. The third kappa shape index (κ3) is 2.27. The van der Waals surface area contributed by atoms with Gasteiger partial charge in [-0.2, -0.15) is 4.98 Å². The lowest BCUT2D eigenvalue weighted by atomic mass is 10.2. The van der Waals surface area contributed by atoms with Crippen LogP contribution < -0.4 is 5.56 Å². The lowest BCUT2D eigenvalue weighted by Crippen LogP contribution is -2.21. The molecular weight excluding hydrogens is 316 g/mol. The molecule has 7 nitrogen and oxygen atoms in total. The molecular formula is C15H12N4O3S. The number of hydrogen-bond acceptors (Lipinski definition) is 7. The average molecular weight is 328 g/mol. The van der Waals surface area contributed by atoms with Crippen LogP contribution in [0, 0.1) is 13.8 Å². The minimum absolute atomic E-state index is 0.0912. The van der Waals surface area contributed by atoms with E-state index in [1.165, 1.54) is 34.8 Å². The third-order valence-corrected chi connectivity index (χ3v) is 4.82. The van der Waals surface area contributed by atoms with Gasteiger partial charge in [0.1, 0.15) is 11.1 Å². The molecule has 23 heavy (non-hydrogen) atoms. The Balaban J connectivity index is 1.72. The van der Waals surface area contributed by atoms with Crippen molar-refractivity contribution in [3.05, 3.63) is 51.5 Å². The zero-order valence-electron chi connectivity index (χ0n) is 12.4. The maximum Gasteiger partial charge on any atom is 0.262 e. The van der Waals surface area contributed by atoms with Gasteiger partial charge in [-0.15, -0.1) is 11.3 Å². The molecule has 0 bridgehead atoms. The van der Waals surface area contributed by atoms with Crippen LogP contribution in [-0.2, 0) is 6.54 Å². The summed E-state index contributed by atoms with van der Waals surface area (Å²) in [5.74, 6) is 0.771. The molecule has 4 rings (SSSR count). The molecule has 0 saturated carbocycles. The molecule has 0 aliphatic rings. The average Bonchev–Trinajstić information content (AvgIpc) is 3.24. The number of nitrogens with zero attached hydrogens (tertiary/aromatic N) is 4. The van der Waals surface area contributed by atoms with Crippen molar-refractivity contribution in [2.75, 3.05) is 0 Å². The third-order valence-electron chi connectivity index (χ3n) is 3.70. The largest absolute Gasteiger partial charge is 0.472 e. The zero-order valence-corrected chi connectivity index (χ0v) is 13.3. The summed E-state index contributed by atoms with van der Waals surface area (Å²) in [6, 6.07) is 1.73. The van der Waals surface area contributed by atoms with Gasteiger partial charge >= 0.3 is 0 Å². The number of fused-ring (bicyclic) bond motifs is 1. The minimum Gasteiger partial charge on any atom is -0.472 e. The van der Waals surface area contributed by atoms with Crippen LogP contribution >= 0.6 is 11.3 Å². The van der Waals surface area contributed by atoms with Crippen LogP contribution in [0.4, 0.5) is 0 Å². The standard InChI is InChI=1S/C15H12N4O3S/c1-8-9(2)23-14-12(8)15(20)19(7-16-14)5-11-17-13(22-18-11)10-3-4-21-6-10/h3-4,6-7H,5H2,1-2H3. The first-order chi connectivity index (χ1) is 11.1. The lowest BCUT2D eigenvalue weighted by molar-refractivity contribution is 0.419. The van der Waals surface area contributed by atoms with Crippen molar-refractivity contribution in [1.82, 2.24) is 19.7 Å². The molecule has 0 fully saturated rings. The Hall–Kier alpha value is -2.74. The first-order valence-corrected chi connectivity index (χ1v) is 7.75. The molecule has 0 saturated heterocycles. The van der Waals surface area contributed by atoms with Crippen LogP contribution in [0.15, 0.2) is 38.7 Å². The van der Waals surface area contributed by atoms with Crippen LogP contribution in [-0.4, -0.2) is 19.7 Å². The van der Waals surface area contributed by atoms with E-state index in [1.54, 1.807) is 6.07 Å². The second-order valence-corrected chi connectivity index (χ2v) is 6.37. The fourth-order valence-electron chi connectivity index (χ4n) is 2.36. The Kier molecular flexibility index (Phi) is 3.12. The highest BCUT2D eigenvalue weighted by Gasteiger charge is 2.15. The van der Waals surface area contributed by atoms with Crippen molar-refractivity contribution < 1.29 is 8.94 Å². The molecule has 0 aliphatic heterocycles. The van der Waals surface area contributed by atoms with Gasteiger partial charge in [-0.25, -0.2) is 4.98 Å². The fourth-order valence-corrected chi connectivity index (χ4v) is 3.34. The summed E-state index contributed by atoms with van der Waals surface area (Å²) in [7, 11) is 0. The van der Waals surface area contributed by atoms with E-state index in [9.17, 15) is 4.79 Å². The second-order valence-electron chi connectivity index (χ2n) is 5.17. The number of aryl methyl sites for hydroxylation is 2. The summed E-state index contributed by atoms with van der Waals surface area (Å²) >= 11 is 1.53. The molecule has 0 aromatic carbocycles. The van der Waals surface area contributed by atoms with Gasteiger partial charge in [0.15, 0.2) is 5.82 Å². The molecule has 4 aromatic rings. The number of furan rings is 1. The number of rotatable bonds is 3. The Morgan fingerprint density at radius 1 is 1.35 bits per heavy atom. The summed E-state index contributed by atoms with van der Waals surface area (Å²) in [6.07, 6.45) is 4.58. The normalized spacial score (nSPS) is 11.4. The van der Waals surface area contributed by atoms with E-state index in [2.05, 4.69) is 15.1 Å². The lowest BCUT2D eigenvalue weighted by Gasteiger charge is -2.01. The highest BCUT2D eigenvalue weighted by atomic mass is 32.1. The molecule has 0 amide bonds. The Bertz CT molecular complexity index is 1040. The van der Waals surface area contributed by atoms with Crippen molar-refractivity contribution in [1.29, 1.82) is 0 Å². The van der Waals surface area contributed by atoms with Crippen molar-refractivity contribution in [2.24, 2.45) is 0 Å². The summed E-state index contributed by atoms with van der Waals surface area (Å²) in [6.45, 7) is 4.13. The molecule has 0 N–H and O–H groups in total. The topological polar surface area (TPSA) is 86.9 Å². The fraction of sp³-hybridized carbons (Fsp3) is 0.200. The first-order valence-electron chi connectivity index (χ1n) is 6.94. The van der Waals surface area contributed by atoms with Gasteiger partial charge in [0.25, 0.3) is 11.4 Å².